The molecule has 144 valence electrons. The number of furan rings is 1. The van der Waals surface area contributed by atoms with Gasteiger partial charge in [0.25, 0.3) is 11.8 Å². The molecule has 2 aromatic rings. The Morgan fingerprint density at radius 3 is 2.70 bits per heavy atom. The third kappa shape index (κ3) is 4.32. The number of carbonyl (C=O) groups is 2. The molecule has 0 saturated carbocycles. The highest BCUT2D eigenvalue weighted by Crippen LogP contribution is 2.30. The number of benzene rings is 1. The molecule has 1 fully saturated rings. The predicted molar refractivity (Wildman–Crippen MR) is 91.3 cm³/mol. The van der Waals surface area contributed by atoms with E-state index in [4.69, 9.17) is 4.42 Å². The number of piperidine rings is 1. The Bertz CT molecular complexity index is 831. The van der Waals surface area contributed by atoms with E-state index >= 15 is 0 Å². The van der Waals surface area contributed by atoms with Crippen LogP contribution >= 0.6 is 0 Å². The first-order chi connectivity index (χ1) is 12.8. The number of hydrogen-bond acceptors (Lipinski definition) is 3. The summed E-state index contributed by atoms with van der Waals surface area (Å²) in [4.78, 5) is 26.5. The maximum absolute atomic E-state index is 12.9. The first-order valence-corrected chi connectivity index (χ1v) is 8.57. The number of hydrogen-bond donors (Lipinski definition) is 1. The van der Waals surface area contributed by atoms with E-state index in [2.05, 4.69) is 5.32 Å². The molecule has 1 unspecified atom stereocenters. The standard InChI is InChI=1S/C19H19F3N2O3/c1-12-6-7-13(19(20,21)22)10-15(12)17(25)23-14-4-2-8-24(11-14)18(26)16-5-3-9-27-16/h3,5-7,9-10,14H,2,4,8,11H2,1H3,(H,23,25). The summed E-state index contributed by atoms with van der Waals surface area (Å²) in [7, 11) is 0. The maximum atomic E-state index is 12.9. The summed E-state index contributed by atoms with van der Waals surface area (Å²) in [5, 5.41) is 2.75. The van der Waals surface area contributed by atoms with Crippen LogP contribution in [-0.4, -0.2) is 35.8 Å². The van der Waals surface area contributed by atoms with Gasteiger partial charge in [0.05, 0.1) is 11.8 Å². The van der Waals surface area contributed by atoms with Gasteiger partial charge in [-0.05, 0) is 49.6 Å². The van der Waals surface area contributed by atoms with Gasteiger partial charge in [-0.2, -0.15) is 13.2 Å². The number of rotatable bonds is 3. The van der Waals surface area contributed by atoms with Crippen molar-refractivity contribution in [1.29, 1.82) is 0 Å². The maximum Gasteiger partial charge on any atom is 0.416 e. The Balaban J connectivity index is 1.70. The number of nitrogens with one attached hydrogen (secondary N) is 1. The average molecular weight is 380 g/mol. The predicted octanol–water partition coefficient (Wildman–Crippen LogP) is 3.64. The minimum atomic E-state index is -4.51. The van der Waals surface area contributed by atoms with Crippen LogP contribution in [0.1, 0.15) is 44.9 Å². The highest BCUT2D eigenvalue weighted by Gasteiger charge is 2.32. The molecule has 0 bridgehead atoms. The van der Waals surface area contributed by atoms with Crippen LogP contribution in [0.2, 0.25) is 0 Å². The van der Waals surface area contributed by atoms with Crippen molar-refractivity contribution in [3.05, 3.63) is 59.0 Å². The third-order valence-corrected chi connectivity index (χ3v) is 4.59. The molecule has 3 rings (SSSR count). The minimum absolute atomic E-state index is 0.0145. The number of nitrogens with zero attached hydrogens (tertiary/aromatic N) is 1. The monoisotopic (exact) mass is 380 g/mol. The molecule has 0 radical (unpaired) electrons. The van der Waals surface area contributed by atoms with Crippen LogP contribution < -0.4 is 5.32 Å². The van der Waals surface area contributed by atoms with Crippen molar-refractivity contribution in [2.75, 3.05) is 13.1 Å². The van der Waals surface area contributed by atoms with E-state index in [1.165, 1.54) is 12.3 Å². The lowest BCUT2D eigenvalue weighted by molar-refractivity contribution is -0.137. The molecular weight excluding hydrogens is 361 g/mol. The zero-order chi connectivity index (χ0) is 19.6. The molecule has 0 aliphatic carbocycles. The summed E-state index contributed by atoms with van der Waals surface area (Å²) in [5.41, 5.74) is -0.421. The molecule has 1 N–H and O–H groups in total. The first kappa shape index (κ1) is 19.0. The molecule has 2 amide bonds. The van der Waals surface area contributed by atoms with Crippen molar-refractivity contribution < 1.29 is 27.2 Å². The average Bonchev–Trinajstić information content (AvgIpc) is 3.15. The number of alkyl halides is 3. The lowest BCUT2D eigenvalue weighted by Crippen LogP contribution is -2.49. The Morgan fingerprint density at radius 2 is 2.04 bits per heavy atom. The number of aryl methyl sites for hydroxylation is 1. The van der Waals surface area contributed by atoms with Gasteiger partial charge >= 0.3 is 6.18 Å². The highest BCUT2D eigenvalue weighted by atomic mass is 19.4. The molecule has 1 aliphatic rings. The second-order valence-electron chi connectivity index (χ2n) is 6.57. The van der Waals surface area contributed by atoms with Crippen molar-refractivity contribution in [2.24, 2.45) is 0 Å². The fraction of sp³-hybridized carbons (Fsp3) is 0.368. The zero-order valence-corrected chi connectivity index (χ0v) is 14.7. The second-order valence-corrected chi connectivity index (χ2v) is 6.57. The molecule has 1 saturated heterocycles. The molecule has 5 nitrogen and oxygen atoms in total. The van der Waals surface area contributed by atoms with Gasteiger partial charge in [-0.3, -0.25) is 9.59 Å². The lowest BCUT2D eigenvalue weighted by atomic mass is 10.0. The van der Waals surface area contributed by atoms with Gasteiger partial charge in [0.1, 0.15) is 0 Å². The van der Waals surface area contributed by atoms with Gasteiger partial charge in [0.2, 0.25) is 0 Å². The lowest BCUT2D eigenvalue weighted by Gasteiger charge is -2.32. The topological polar surface area (TPSA) is 62.6 Å². The summed E-state index contributed by atoms with van der Waals surface area (Å²) < 4.78 is 43.8. The molecule has 1 aliphatic heterocycles. The Labute approximate surface area is 154 Å². The van der Waals surface area contributed by atoms with Crippen LogP contribution in [-0.2, 0) is 6.18 Å². The highest BCUT2D eigenvalue weighted by molar-refractivity contribution is 5.96. The number of halogens is 3. The molecule has 1 atom stereocenters. The Morgan fingerprint density at radius 1 is 1.26 bits per heavy atom. The zero-order valence-electron chi connectivity index (χ0n) is 14.7. The van der Waals surface area contributed by atoms with E-state index in [1.54, 1.807) is 24.0 Å². The van der Waals surface area contributed by atoms with E-state index in [0.717, 1.165) is 12.1 Å². The van der Waals surface area contributed by atoms with E-state index in [1.807, 2.05) is 0 Å². The van der Waals surface area contributed by atoms with Gasteiger partial charge in [0, 0.05) is 24.7 Å². The fourth-order valence-corrected chi connectivity index (χ4v) is 3.14. The van der Waals surface area contributed by atoms with Gasteiger partial charge in [-0.25, -0.2) is 0 Å². The fourth-order valence-electron chi connectivity index (χ4n) is 3.14. The van der Waals surface area contributed by atoms with Crippen molar-refractivity contribution in [2.45, 2.75) is 32.0 Å². The van der Waals surface area contributed by atoms with Crippen molar-refractivity contribution >= 4 is 11.8 Å². The summed E-state index contributed by atoms with van der Waals surface area (Å²) in [6.07, 6.45) is -1.78. The Hall–Kier alpha value is -2.77. The van der Waals surface area contributed by atoms with Crippen LogP contribution in [0, 0.1) is 6.92 Å². The summed E-state index contributed by atoms with van der Waals surface area (Å²) >= 11 is 0. The number of amides is 2. The van der Waals surface area contributed by atoms with E-state index in [-0.39, 0.29) is 29.8 Å². The quantitative estimate of drug-likeness (QED) is 0.884. The normalized spacial score (nSPS) is 17.6. The molecule has 8 heteroatoms. The van der Waals surface area contributed by atoms with Crippen molar-refractivity contribution in [1.82, 2.24) is 10.2 Å². The smallest absolute Gasteiger partial charge is 0.416 e. The number of carbonyl (C=O) groups excluding carboxylic acids is 2. The van der Waals surface area contributed by atoms with E-state index < -0.39 is 17.6 Å². The minimum Gasteiger partial charge on any atom is -0.459 e. The summed E-state index contributed by atoms with van der Waals surface area (Å²) in [6, 6.07) is 5.95. The largest absolute Gasteiger partial charge is 0.459 e. The van der Waals surface area contributed by atoms with Gasteiger partial charge in [-0.15, -0.1) is 0 Å². The van der Waals surface area contributed by atoms with Gasteiger partial charge < -0.3 is 14.6 Å². The first-order valence-electron chi connectivity index (χ1n) is 8.57. The van der Waals surface area contributed by atoms with Crippen LogP contribution in [0.25, 0.3) is 0 Å². The van der Waals surface area contributed by atoms with Crippen LogP contribution in [0.3, 0.4) is 0 Å². The van der Waals surface area contributed by atoms with E-state index in [0.29, 0.717) is 24.9 Å². The summed E-state index contributed by atoms with van der Waals surface area (Å²) in [5.74, 6) is -0.624. The van der Waals surface area contributed by atoms with Crippen LogP contribution in [0.4, 0.5) is 13.2 Å². The van der Waals surface area contributed by atoms with E-state index in [9.17, 15) is 22.8 Å². The Kier molecular flexibility index (Phi) is 5.25. The van der Waals surface area contributed by atoms with Gasteiger partial charge in [-0.1, -0.05) is 6.07 Å². The molecule has 27 heavy (non-hydrogen) atoms. The molecule has 1 aromatic heterocycles. The third-order valence-electron chi connectivity index (χ3n) is 4.59. The number of likely N-dealkylation sites (tertiary alicyclic amines) is 1. The molecular formula is C19H19F3N2O3. The molecule has 2 heterocycles. The molecule has 1 aromatic carbocycles. The van der Waals surface area contributed by atoms with Crippen molar-refractivity contribution in [3.63, 3.8) is 0 Å². The SMILES string of the molecule is Cc1ccc(C(F)(F)F)cc1C(=O)NC1CCCN(C(=O)c2ccco2)C1. The van der Waals surface area contributed by atoms with Crippen LogP contribution in [0.5, 0.6) is 0 Å². The van der Waals surface area contributed by atoms with Crippen LogP contribution in [0.15, 0.2) is 41.0 Å². The van der Waals surface area contributed by atoms with Gasteiger partial charge in [0.15, 0.2) is 5.76 Å². The summed E-state index contributed by atoms with van der Waals surface area (Å²) in [6.45, 7) is 2.40. The second kappa shape index (κ2) is 7.46. The van der Waals surface area contributed by atoms with Crippen molar-refractivity contribution in [3.8, 4) is 0 Å². The molecule has 0 spiro atoms.